The molecule has 1 atom stereocenters. The third kappa shape index (κ3) is 1.81. The molecule has 16 heavy (non-hydrogen) atoms. The highest BCUT2D eigenvalue weighted by molar-refractivity contribution is 5.13. The molecule has 0 spiro atoms. The fourth-order valence-corrected chi connectivity index (χ4v) is 4.29. The van der Waals surface area contributed by atoms with Gasteiger partial charge in [-0.3, -0.25) is 0 Å². The maximum absolute atomic E-state index is 6.07. The Labute approximate surface area is 101 Å². The molecule has 0 amide bonds. The smallest absolute Gasteiger partial charge is 0.00125 e. The van der Waals surface area contributed by atoms with E-state index in [-0.39, 0.29) is 0 Å². The van der Waals surface area contributed by atoms with Crippen LogP contribution in [0.3, 0.4) is 0 Å². The molecule has 0 aromatic carbocycles. The molecule has 2 aliphatic carbocycles. The molecule has 0 aromatic heterocycles. The van der Waals surface area contributed by atoms with Crippen molar-refractivity contribution in [3.8, 4) is 0 Å². The van der Waals surface area contributed by atoms with Crippen molar-refractivity contribution in [1.82, 2.24) is 0 Å². The van der Waals surface area contributed by atoms with Gasteiger partial charge < -0.3 is 5.73 Å². The van der Waals surface area contributed by atoms with E-state index in [1.54, 1.807) is 0 Å². The van der Waals surface area contributed by atoms with Crippen LogP contribution in [0, 0.1) is 28.6 Å². The van der Waals surface area contributed by atoms with Gasteiger partial charge >= 0.3 is 0 Å². The van der Waals surface area contributed by atoms with Crippen molar-refractivity contribution in [3.05, 3.63) is 0 Å². The van der Waals surface area contributed by atoms with Crippen molar-refractivity contribution in [3.63, 3.8) is 0 Å². The van der Waals surface area contributed by atoms with Crippen LogP contribution in [-0.4, -0.2) is 6.54 Å². The lowest BCUT2D eigenvalue weighted by Gasteiger charge is -2.37. The Bertz CT molecular complexity index is 248. The highest BCUT2D eigenvalue weighted by Crippen LogP contribution is 2.69. The second-order valence-electron chi connectivity index (χ2n) is 7.28. The second kappa shape index (κ2) is 4.01. The Hall–Kier alpha value is -0.0400. The predicted molar refractivity (Wildman–Crippen MR) is 70.2 cm³/mol. The van der Waals surface area contributed by atoms with Gasteiger partial charge in [0.25, 0.3) is 0 Å². The fourth-order valence-electron chi connectivity index (χ4n) is 4.29. The Morgan fingerprint density at radius 1 is 1.12 bits per heavy atom. The quantitative estimate of drug-likeness (QED) is 0.773. The van der Waals surface area contributed by atoms with Gasteiger partial charge in [0.15, 0.2) is 0 Å². The summed E-state index contributed by atoms with van der Waals surface area (Å²) >= 11 is 0. The minimum absolute atomic E-state index is 0.509. The van der Waals surface area contributed by atoms with Gasteiger partial charge in [0, 0.05) is 0 Å². The van der Waals surface area contributed by atoms with E-state index in [4.69, 9.17) is 5.73 Å². The summed E-state index contributed by atoms with van der Waals surface area (Å²) in [5.74, 6) is 2.78. The maximum atomic E-state index is 6.07. The Kier molecular flexibility index (Phi) is 3.11. The van der Waals surface area contributed by atoms with Crippen molar-refractivity contribution in [2.24, 2.45) is 34.3 Å². The van der Waals surface area contributed by atoms with Crippen LogP contribution in [-0.2, 0) is 0 Å². The molecule has 2 saturated carbocycles. The van der Waals surface area contributed by atoms with Crippen molar-refractivity contribution < 1.29 is 0 Å². The molecule has 0 aliphatic heterocycles. The van der Waals surface area contributed by atoms with Crippen molar-refractivity contribution >= 4 is 0 Å². The Morgan fingerprint density at radius 3 is 1.94 bits per heavy atom. The van der Waals surface area contributed by atoms with E-state index >= 15 is 0 Å². The normalized spacial score (nSPS) is 42.4. The van der Waals surface area contributed by atoms with Gasteiger partial charge in [-0.25, -0.2) is 0 Å². The van der Waals surface area contributed by atoms with Crippen LogP contribution in [0.4, 0.5) is 0 Å². The minimum atomic E-state index is 0.509. The first-order valence-electron chi connectivity index (χ1n) is 7.13. The van der Waals surface area contributed by atoms with Gasteiger partial charge in [-0.05, 0) is 67.2 Å². The molecule has 0 heterocycles. The van der Waals surface area contributed by atoms with Crippen LogP contribution >= 0.6 is 0 Å². The monoisotopic (exact) mass is 223 g/mol. The van der Waals surface area contributed by atoms with E-state index in [1.165, 1.54) is 32.1 Å². The van der Waals surface area contributed by atoms with Crippen LogP contribution in [0.25, 0.3) is 0 Å². The summed E-state index contributed by atoms with van der Waals surface area (Å²) < 4.78 is 0. The highest BCUT2D eigenvalue weighted by atomic mass is 14.8. The Balaban J connectivity index is 1.95. The first kappa shape index (κ1) is 12.4. The maximum Gasteiger partial charge on any atom is -0.00125 e. The second-order valence-corrected chi connectivity index (χ2v) is 7.28. The molecule has 2 aliphatic rings. The van der Waals surface area contributed by atoms with Crippen LogP contribution < -0.4 is 5.73 Å². The zero-order valence-electron chi connectivity index (χ0n) is 11.6. The SMILES string of the molecule is CC(C)C1CCC(C2(CN)CC2(C)C)CC1. The Morgan fingerprint density at radius 2 is 1.62 bits per heavy atom. The number of rotatable bonds is 3. The molecular weight excluding hydrogens is 194 g/mol. The average molecular weight is 223 g/mol. The standard InChI is InChI=1S/C15H29N/c1-11(2)12-5-7-13(8-6-12)15(10-16)9-14(15,3)4/h11-13H,5-10,16H2,1-4H3. The summed E-state index contributed by atoms with van der Waals surface area (Å²) in [5, 5.41) is 0. The van der Waals surface area contributed by atoms with Crippen LogP contribution in [0.15, 0.2) is 0 Å². The summed E-state index contributed by atoms with van der Waals surface area (Å²) in [5.41, 5.74) is 7.10. The molecule has 1 unspecified atom stereocenters. The molecule has 0 radical (unpaired) electrons. The lowest BCUT2D eigenvalue weighted by molar-refractivity contribution is 0.141. The van der Waals surface area contributed by atoms with Crippen LogP contribution in [0.2, 0.25) is 0 Å². The molecule has 2 N–H and O–H groups in total. The van der Waals surface area contributed by atoms with E-state index in [9.17, 15) is 0 Å². The lowest BCUT2D eigenvalue weighted by atomic mass is 9.69. The largest absolute Gasteiger partial charge is 0.330 e. The van der Waals surface area contributed by atoms with Gasteiger partial charge in [-0.1, -0.05) is 27.7 Å². The van der Waals surface area contributed by atoms with E-state index < -0.39 is 0 Å². The molecule has 0 saturated heterocycles. The number of hydrogen-bond donors (Lipinski definition) is 1. The summed E-state index contributed by atoms with van der Waals surface area (Å²) in [7, 11) is 0. The van der Waals surface area contributed by atoms with Gasteiger partial charge in [0.1, 0.15) is 0 Å². The molecule has 1 nitrogen and oxygen atoms in total. The first-order chi connectivity index (χ1) is 7.43. The molecule has 2 rings (SSSR count). The first-order valence-corrected chi connectivity index (χ1v) is 7.13. The molecule has 0 aromatic rings. The fraction of sp³-hybridized carbons (Fsp3) is 1.00. The van der Waals surface area contributed by atoms with E-state index in [1.807, 2.05) is 0 Å². The third-order valence-corrected chi connectivity index (χ3v) is 5.84. The van der Waals surface area contributed by atoms with Gasteiger partial charge in [0.2, 0.25) is 0 Å². The van der Waals surface area contributed by atoms with E-state index in [0.717, 1.165) is 24.3 Å². The molecule has 94 valence electrons. The minimum Gasteiger partial charge on any atom is -0.330 e. The topological polar surface area (TPSA) is 26.0 Å². The molecular formula is C15H29N. The molecule has 1 heteroatoms. The van der Waals surface area contributed by atoms with E-state index in [2.05, 4.69) is 27.7 Å². The zero-order chi connectivity index (χ0) is 12.0. The highest BCUT2D eigenvalue weighted by Gasteiger charge is 2.63. The summed E-state index contributed by atoms with van der Waals surface area (Å²) in [6.07, 6.45) is 7.13. The van der Waals surface area contributed by atoms with Gasteiger partial charge in [-0.2, -0.15) is 0 Å². The summed E-state index contributed by atoms with van der Waals surface area (Å²) in [6.45, 7) is 10.5. The van der Waals surface area contributed by atoms with Crippen LogP contribution in [0.1, 0.15) is 59.8 Å². The van der Waals surface area contributed by atoms with Crippen LogP contribution in [0.5, 0.6) is 0 Å². The molecule has 0 bridgehead atoms. The van der Waals surface area contributed by atoms with Crippen molar-refractivity contribution in [2.75, 3.05) is 6.54 Å². The predicted octanol–water partition coefficient (Wildman–Crippen LogP) is 3.82. The molecule has 2 fully saturated rings. The van der Waals surface area contributed by atoms with Crippen molar-refractivity contribution in [1.29, 1.82) is 0 Å². The van der Waals surface area contributed by atoms with Gasteiger partial charge in [-0.15, -0.1) is 0 Å². The zero-order valence-corrected chi connectivity index (χ0v) is 11.6. The lowest BCUT2D eigenvalue weighted by Crippen LogP contribution is -2.33. The summed E-state index contributed by atoms with van der Waals surface area (Å²) in [6, 6.07) is 0. The van der Waals surface area contributed by atoms with E-state index in [0.29, 0.717) is 10.8 Å². The third-order valence-electron chi connectivity index (χ3n) is 5.84. The van der Waals surface area contributed by atoms with Gasteiger partial charge in [0.05, 0.1) is 0 Å². The number of hydrogen-bond acceptors (Lipinski definition) is 1. The average Bonchev–Trinajstić information content (AvgIpc) is 2.82. The van der Waals surface area contributed by atoms with Crippen molar-refractivity contribution in [2.45, 2.75) is 59.8 Å². The summed E-state index contributed by atoms with van der Waals surface area (Å²) in [4.78, 5) is 0. The number of nitrogens with two attached hydrogens (primary N) is 1.